The quantitative estimate of drug-likeness (QED) is 0.883. The molecule has 1 aromatic heterocycles. The van der Waals surface area contributed by atoms with Crippen molar-refractivity contribution in [2.75, 3.05) is 12.4 Å². The molecule has 1 amide bonds. The Labute approximate surface area is 104 Å². The van der Waals surface area contributed by atoms with Crippen molar-refractivity contribution in [2.45, 2.75) is 26.4 Å². The summed E-state index contributed by atoms with van der Waals surface area (Å²) in [7, 11) is 1.41. The Bertz CT molecular complexity index is 418. The second-order valence-corrected chi connectivity index (χ2v) is 4.56. The minimum Gasteiger partial charge on any atom is -0.478 e. The highest BCUT2D eigenvalue weighted by Gasteiger charge is 2.18. The molecule has 7 heteroatoms. The van der Waals surface area contributed by atoms with E-state index in [1.54, 1.807) is 20.8 Å². The molecule has 0 aliphatic heterocycles. The topological polar surface area (TPSA) is 73.3 Å². The number of nitrogens with one attached hydrogen (secondary N) is 1. The van der Waals surface area contributed by atoms with E-state index in [2.05, 4.69) is 15.3 Å². The molecular weight excluding hydrogens is 246 g/mol. The fourth-order valence-electron chi connectivity index (χ4n) is 0.988. The van der Waals surface area contributed by atoms with Crippen molar-refractivity contribution in [2.24, 2.45) is 0 Å². The number of carbonyl (C=O) groups is 1. The number of halogens is 1. The first-order valence-electron chi connectivity index (χ1n) is 4.88. The first kappa shape index (κ1) is 13.5. The number of nitrogens with zero attached hydrogens (tertiary/aromatic N) is 2. The van der Waals surface area contributed by atoms with Crippen LogP contribution < -0.4 is 10.1 Å². The number of ether oxygens (including phenoxy) is 2. The Morgan fingerprint density at radius 3 is 2.65 bits per heavy atom. The van der Waals surface area contributed by atoms with Crippen LogP contribution in [0.1, 0.15) is 20.8 Å². The summed E-state index contributed by atoms with van der Waals surface area (Å²) in [4.78, 5) is 19.2. The minimum atomic E-state index is -0.646. The van der Waals surface area contributed by atoms with Crippen molar-refractivity contribution in [3.05, 3.63) is 11.3 Å². The summed E-state index contributed by atoms with van der Waals surface area (Å²) < 4.78 is 9.99. The van der Waals surface area contributed by atoms with Gasteiger partial charge in [-0.1, -0.05) is 11.6 Å². The summed E-state index contributed by atoms with van der Waals surface area (Å²) >= 11 is 5.67. The summed E-state index contributed by atoms with van der Waals surface area (Å²) in [5.74, 6) is 0.287. The summed E-state index contributed by atoms with van der Waals surface area (Å²) in [5, 5.41) is 2.56. The molecule has 0 radical (unpaired) electrons. The van der Waals surface area contributed by atoms with Crippen LogP contribution in [0.25, 0.3) is 0 Å². The second-order valence-electron chi connectivity index (χ2n) is 4.18. The molecule has 94 valence electrons. The van der Waals surface area contributed by atoms with Crippen molar-refractivity contribution in [3.8, 4) is 5.88 Å². The first-order valence-corrected chi connectivity index (χ1v) is 5.26. The van der Waals surface area contributed by atoms with Gasteiger partial charge in [-0.2, -0.15) is 0 Å². The zero-order chi connectivity index (χ0) is 13.1. The molecule has 1 aromatic rings. The summed E-state index contributed by atoms with van der Waals surface area (Å²) in [6.07, 6.45) is 0.674. The molecule has 1 heterocycles. The first-order chi connectivity index (χ1) is 7.81. The normalized spacial score (nSPS) is 10.9. The Morgan fingerprint density at radius 2 is 2.12 bits per heavy atom. The van der Waals surface area contributed by atoms with E-state index in [0.717, 1.165) is 0 Å². The molecule has 0 unspecified atom stereocenters. The molecule has 6 nitrogen and oxygen atoms in total. The lowest BCUT2D eigenvalue weighted by molar-refractivity contribution is 0.0634. The van der Waals surface area contributed by atoms with Gasteiger partial charge in [-0.25, -0.2) is 14.8 Å². The number of amides is 1. The van der Waals surface area contributed by atoms with E-state index in [-0.39, 0.29) is 16.9 Å². The molecule has 0 atom stereocenters. The van der Waals surface area contributed by atoms with Gasteiger partial charge in [0.05, 0.1) is 13.3 Å². The highest BCUT2D eigenvalue weighted by atomic mass is 35.5. The SMILES string of the molecule is COc1ncc(Cl)nc1NC(=O)OC(C)(C)C. The van der Waals surface area contributed by atoms with Crippen molar-refractivity contribution in [3.63, 3.8) is 0 Å². The predicted octanol–water partition coefficient (Wildman–Crippen LogP) is 2.49. The highest BCUT2D eigenvalue weighted by molar-refractivity contribution is 6.29. The third-order valence-electron chi connectivity index (χ3n) is 1.52. The van der Waals surface area contributed by atoms with Crippen LogP contribution in [0.4, 0.5) is 10.6 Å². The van der Waals surface area contributed by atoms with Crippen LogP contribution in [0.3, 0.4) is 0 Å². The van der Waals surface area contributed by atoms with E-state index >= 15 is 0 Å². The lowest BCUT2D eigenvalue weighted by Gasteiger charge is -2.19. The standard InChI is InChI=1S/C10H14ClN3O3/c1-10(2,3)17-9(15)14-7-8(16-4)12-5-6(11)13-7/h5H,1-4H3,(H,13,14,15). The molecule has 0 fully saturated rings. The van der Waals surface area contributed by atoms with Crippen LogP contribution in [-0.4, -0.2) is 28.8 Å². The van der Waals surface area contributed by atoms with E-state index in [9.17, 15) is 4.79 Å². The van der Waals surface area contributed by atoms with Gasteiger partial charge in [-0.05, 0) is 20.8 Å². The second kappa shape index (κ2) is 5.18. The number of hydrogen-bond donors (Lipinski definition) is 1. The number of carbonyl (C=O) groups excluding carboxylic acids is 1. The fourth-order valence-corrected chi connectivity index (χ4v) is 1.12. The van der Waals surface area contributed by atoms with Crippen molar-refractivity contribution in [1.29, 1.82) is 0 Å². The van der Waals surface area contributed by atoms with E-state index in [1.807, 2.05) is 0 Å². The zero-order valence-electron chi connectivity index (χ0n) is 10.1. The summed E-state index contributed by atoms with van der Waals surface area (Å²) in [5.41, 5.74) is -0.594. The molecule has 1 rings (SSSR count). The molecule has 0 aliphatic rings. The van der Waals surface area contributed by atoms with E-state index in [0.29, 0.717) is 0 Å². The monoisotopic (exact) mass is 259 g/mol. The minimum absolute atomic E-state index is 0.120. The van der Waals surface area contributed by atoms with E-state index in [4.69, 9.17) is 21.1 Å². The Balaban J connectivity index is 2.80. The van der Waals surface area contributed by atoms with Crippen LogP contribution in [0.2, 0.25) is 5.15 Å². The van der Waals surface area contributed by atoms with E-state index in [1.165, 1.54) is 13.3 Å². The largest absolute Gasteiger partial charge is 0.478 e. The van der Waals surface area contributed by atoms with Crippen molar-refractivity contribution < 1.29 is 14.3 Å². The van der Waals surface area contributed by atoms with Crippen molar-refractivity contribution in [1.82, 2.24) is 9.97 Å². The average molecular weight is 260 g/mol. The van der Waals surface area contributed by atoms with Crippen LogP contribution >= 0.6 is 11.6 Å². The Hall–Kier alpha value is -1.56. The van der Waals surface area contributed by atoms with Crippen molar-refractivity contribution >= 4 is 23.5 Å². The number of anilines is 1. The van der Waals surface area contributed by atoms with Gasteiger partial charge in [0, 0.05) is 0 Å². The smallest absolute Gasteiger partial charge is 0.413 e. The van der Waals surface area contributed by atoms with Gasteiger partial charge in [0.15, 0.2) is 5.82 Å². The van der Waals surface area contributed by atoms with Gasteiger partial charge >= 0.3 is 6.09 Å². The van der Waals surface area contributed by atoms with Gasteiger partial charge in [0.25, 0.3) is 5.88 Å². The summed E-state index contributed by atoms with van der Waals surface area (Å²) in [6.45, 7) is 5.27. The number of rotatable bonds is 2. The zero-order valence-corrected chi connectivity index (χ0v) is 10.8. The Morgan fingerprint density at radius 1 is 1.47 bits per heavy atom. The lowest BCUT2D eigenvalue weighted by Crippen LogP contribution is -2.27. The predicted molar refractivity (Wildman–Crippen MR) is 63.5 cm³/mol. The molecule has 0 saturated heterocycles. The molecule has 17 heavy (non-hydrogen) atoms. The lowest BCUT2D eigenvalue weighted by atomic mass is 10.2. The fraction of sp³-hybridized carbons (Fsp3) is 0.500. The maximum atomic E-state index is 11.5. The maximum Gasteiger partial charge on any atom is 0.413 e. The third-order valence-corrected chi connectivity index (χ3v) is 1.70. The maximum absolute atomic E-state index is 11.5. The Kier molecular flexibility index (Phi) is 4.11. The third kappa shape index (κ3) is 4.44. The highest BCUT2D eigenvalue weighted by Crippen LogP contribution is 2.21. The average Bonchev–Trinajstić information content (AvgIpc) is 2.14. The number of aromatic nitrogens is 2. The molecule has 0 aliphatic carbocycles. The molecule has 0 saturated carbocycles. The van der Waals surface area contributed by atoms with Crippen LogP contribution in [0.15, 0.2) is 6.20 Å². The molecular formula is C10H14ClN3O3. The van der Waals surface area contributed by atoms with Gasteiger partial charge in [-0.3, -0.25) is 5.32 Å². The van der Waals surface area contributed by atoms with E-state index < -0.39 is 11.7 Å². The molecule has 1 N–H and O–H groups in total. The van der Waals surface area contributed by atoms with Gasteiger partial charge in [-0.15, -0.1) is 0 Å². The number of hydrogen-bond acceptors (Lipinski definition) is 5. The van der Waals surface area contributed by atoms with Gasteiger partial charge in [0.1, 0.15) is 10.8 Å². The number of methoxy groups -OCH3 is 1. The molecule has 0 bridgehead atoms. The van der Waals surface area contributed by atoms with Crippen LogP contribution in [-0.2, 0) is 4.74 Å². The van der Waals surface area contributed by atoms with Crippen LogP contribution in [0, 0.1) is 0 Å². The van der Waals surface area contributed by atoms with Gasteiger partial charge in [0.2, 0.25) is 0 Å². The molecule has 0 spiro atoms. The van der Waals surface area contributed by atoms with Crippen LogP contribution in [0.5, 0.6) is 5.88 Å². The summed E-state index contributed by atoms with van der Waals surface area (Å²) in [6, 6.07) is 0. The van der Waals surface area contributed by atoms with Gasteiger partial charge < -0.3 is 9.47 Å². The molecule has 0 aromatic carbocycles.